The average molecular weight is 114 g/mol. The zero-order valence-electron chi connectivity index (χ0n) is 4.22. The second kappa shape index (κ2) is 1.81. The number of carbonyl (C=O) groups is 1. The number of carbonyl (C=O) groups excluding carboxylic acids is 1. The van der Waals surface area contributed by atoms with Crippen LogP contribution in [0.3, 0.4) is 0 Å². The third kappa shape index (κ3) is 0.776. The first-order valence-electron chi connectivity index (χ1n) is 2.33. The molecule has 4 nitrogen and oxygen atoms in total. The fourth-order valence-electron chi connectivity index (χ4n) is 0.593. The van der Waals surface area contributed by atoms with Gasteiger partial charge in [-0.3, -0.25) is 4.79 Å². The Kier molecular flexibility index (Phi) is 1.15. The Morgan fingerprint density at radius 1 is 1.62 bits per heavy atom. The number of oxime groups is 1. The Labute approximate surface area is 46.2 Å². The van der Waals surface area contributed by atoms with Gasteiger partial charge < -0.3 is 10.5 Å². The zero-order chi connectivity index (χ0) is 5.98. The van der Waals surface area contributed by atoms with E-state index in [1.807, 2.05) is 0 Å². The summed E-state index contributed by atoms with van der Waals surface area (Å²) in [5.74, 6) is 0.299. The summed E-state index contributed by atoms with van der Waals surface area (Å²) in [4.78, 5) is 10.3. The Morgan fingerprint density at radius 3 is 2.62 bits per heavy atom. The molecule has 4 heteroatoms. The SMILES string of the molecule is O=C1CCC(=NO)N1. The van der Waals surface area contributed by atoms with Gasteiger partial charge in [0.2, 0.25) is 5.91 Å². The minimum atomic E-state index is -0.0715. The molecule has 1 heterocycles. The van der Waals surface area contributed by atoms with Crippen molar-refractivity contribution in [2.45, 2.75) is 12.8 Å². The van der Waals surface area contributed by atoms with E-state index >= 15 is 0 Å². The molecule has 2 N–H and O–H groups in total. The fraction of sp³-hybridized carbons (Fsp3) is 0.500. The maximum atomic E-state index is 10.3. The molecule has 0 atom stereocenters. The first-order valence-corrected chi connectivity index (χ1v) is 2.33. The van der Waals surface area contributed by atoms with E-state index in [-0.39, 0.29) is 5.91 Å². The van der Waals surface area contributed by atoms with Crippen molar-refractivity contribution in [2.75, 3.05) is 0 Å². The minimum absolute atomic E-state index is 0.0715. The van der Waals surface area contributed by atoms with Crippen LogP contribution in [0.25, 0.3) is 0 Å². The highest BCUT2D eigenvalue weighted by atomic mass is 16.4. The number of nitrogens with zero attached hydrogens (tertiary/aromatic N) is 1. The molecule has 0 aliphatic carbocycles. The monoisotopic (exact) mass is 114 g/mol. The summed E-state index contributed by atoms with van der Waals surface area (Å²) in [5.41, 5.74) is 0. The number of nitrogens with one attached hydrogen (secondary N) is 1. The molecule has 1 saturated heterocycles. The molecule has 1 aliphatic rings. The summed E-state index contributed by atoms with van der Waals surface area (Å²) >= 11 is 0. The van der Waals surface area contributed by atoms with Crippen molar-refractivity contribution in [3.8, 4) is 0 Å². The number of rotatable bonds is 0. The van der Waals surface area contributed by atoms with Gasteiger partial charge in [0.1, 0.15) is 5.84 Å². The molecule has 0 aromatic heterocycles. The van der Waals surface area contributed by atoms with Crippen molar-refractivity contribution in [2.24, 2.45) is 5.16 Å². The van der Waals surface area contributed by atoms with E-state index in [0.29, 0.717) is 18.7 Å². The molecule has 0 unspecified atom stereocenters. The molecule has 0 aromatic rings. The van der Waals surface area contributed by atoms with Gasteiger partial charge in [-0.15, -0.1) is 0 Å². The fourth-order valence-corrected chi connectivity index (χ4v) is 0.593. The maximum absolute atomic E-state index is 10.3. The van der Waals surface area contributed by atoms with Gasteiger partial charge in [0.15, 0.2) is 0 Å². The first-order chi connectivity index (χ1) is 3.83. The van der Waals surface area contributed by atoms with E-state index in [4.69, 9.17) is 5.21 Å². The molecular weight excluding hydrogens is 108 g/mol. The summed E-state index contributed by atoms with van der Waals surface area (Å²) in [6.07, 6.45) is 0.981. The van der Waals surface area contributed by atoms with Crippen LogP contribution in [0.15, 0.2) is 5.16 Å². The molecule has 1 amide bonds. The third-order valence-corrected chi connectivity index (χ3v) is 0.993. The molecular formula is C4H6N2O2. The highest BCUT2D eigenvalue weighted by Gasteiger charge is 2.14. The smallest absolute Gasteiger partial charge is 0.225 e. The molecule has 1 aliphatic heterocycles. The summed E-state index contributed by atoms with van der Waals surface area (Å²) < 4.78 is 0. The van der Waals surface area contributed by atoms with Crippen LogP contribution in [0.1, 0.15) is 12.8 Å². The highest BCUT2D eigenvalue weighted by Crippen LogP contribution is 1.98. The summed E-state index contributed by atoms with van der Waals surface area (Å²) in [6.45, 7) is 0. The van der Waals surface area contributed by atoms with Gasteiger partial charge in [-0.1, -0.05) is 5.16 Å². The van der Waals surface area contributed by atoms with E-state index < -0.39 is 0 Å². The van der Waals surface area contributed by atoms with Gasteiger partial charge in [0.05, 0.1) is 0 Å². The number of amidine groups is 1. The van der Waals surface area contributed by atoms with Crippen molar-refractivity contribution < 1.29 is 10.0 Å². The second-order valence-corrected chi connectivity index (χ2v) is 1.59. The second-order valence-electron chi connectivity index (χ2n) is 1.59. The normalized spacial score (nSPS) is 24.0. The summed E-state index contributed by atoms with van der Waals surface area (Å²) in [6, 6.07) is 0. The van der Waals surface area contributed by atoms with Crippen molar-refractivity contribution in [1.29, 1.82) is 0 Å². The Morgan fingerprint density at radius 2 is 2.38 bits per heavy atom. The lowest BCUT2D eigenvalue weighted by molar-refractivity contribution is -0.118. The molecule has 1 fully saturated rings. The summed E-state index contributed by atoms with van der Waals surface area (Å²) in [7, 11) is 0. The number of hydrogen-bond acceptors (Lipinski definition) is 3. The standard InChI is InChI=1S/C4H6N2O2/c7-4-2-1-3(5-4)6-8/h8H,1-2H2,(H,5,6,7). The van der Waals surface area contributed by atoms with E-state index in [0.717, 1.165) is 0 Å². The van der Waals surface area contributed by atoms with E-state index in [1.54, 1.807) is 0 Å². The largest absolute Gasteiger partial charge is 0.409 e. The Hall–Kier alpha value is -1.06. The van der Waals surface area contributed by atoms with Gasteiger partial charge >= 0.3 is 0 Å². The zero-order valence-corrected chi connectivity index (χ0v) is 4.22. The summed E-state index contributed by atoms with van der Waals surface area (Å²) in [5, 5.41) is 13.2. The topological polar surface area (TPSA) is 61.7 Å². The molecule has 44 valence electrons. The van der Waals surface area contributed by atoms with Crippen LogP contribution in [0.4, 0.5) is 0 Å². The van der Waals surface area contributed by atoms with Gasteiger partial charge in [0.25, 0.3) is 0 Å². The average Bonchev–Trinajstić information content (AvgIpc) is 2.14. The van der Waals surface area contributed by atoms with Crippen LogP contribution in [0.2, 0.25) is 0 Å². The van der Waals surface area contributed by atoms with Crippen LogP contribution in [-0.2, 0) is 4.79 Å². The van der Waals surface area contributed by atoms with Crippen LogP contribution < -0.4 is 5.32 Å². The van der Waals surface area contributed by atoms with E-state index in [1.165, 1.54) is 0 Å². The number of amides is 1. The quantitative estimate of drug-likeness (QED) is 0.335. The van der Waals surface area contributed by atoms with Crippen LogP contribution in [0.5, 0.6) is 0 Å². The lowest BCUT2D eigenvalue weighted by Gasteiger charge is -1.86. The van der Waals surface area contributed by atoms with Gasteiger partial charge in [0, 0.05) is 12.8 Å². The van der Waals surface area contributed by atoms with Gasteiger partial charge in [-0.2, -0.15) is 0 Å². The number of hydrogen-bond donors (Lipinski definition) is 2. The van der Waals surface area contributed by atoms with E-state index in [2.05, 4.69) is 10.5 Å². The molecule has 8 heavy (non-hydrogen) atoms. The maximum Gasteiger partial charge on any atom is 0.225 e. The highest BCUT2D eigenvalue weighted by molar-refractivity contribution is 6.04. The lowest BCUT2D eigenvalue weighted by atomic mass is 10.4. The Bertz CT molecular complexity index is 141. The predicted octanol–water partition coefficient (Wildman–Crippen LogP) is -0.316. The van der Waals surface area contributed by atoms with Crippen LogP contribution in [0, 0.1) is 0 Å². The van der Waals surface area contributed by atoms with Gasteiger partial charge in [-0.05, 0) is 0 Å². The molecule has 1 rings (SSSR count). The minimum Gasteiger partial charge on any atom is -0.409 e. The van der Waals surface area contributed by atoms with E-state index in [9.17, 15) is 4.79 Å². The molecule has 0 bridgehead atoms. The molecule has 0 spiro atoms. The van der Waals surface area contributed by atoms with Crippen molar-refractivity contribution >= 4 is 11.7 Å². The van der Waals surface area contributed by atoms with Crippen molar-refractivity contribution in [3.05, 3.63) is 0 Å². The third-order valence-electron chi connectivity index (χ3n) is 0.993. The molecule has 0 radical (unpaired) electrons. The van der Waals surface area contributed by atoms with Gasteiger partial charge in [-0.25, -0.2) is 0 Å². The molecule has 0 saturated carbocycles. The Balaban J connectivity index is 2.56. The lowest BCUT2D eigenvalue weighted by Crippen LogP contribution is -2.19. The first kappa shape index (κ1) is 5.08. The van der Waals surface area contributed by atoms with Crippen LogP contribution >= 0.6 is 0 Å². The molecule has 0 aromatic carbocycles. The predicted molar refractivity (Wildman–Crippen MR) is 26.6 cm³/mol. The van der Waals surface area contributed by atoms with Crippen molar-refractivity contribution in [1.82, 2.24) is 5.32 Å². The van der Waals surface area contributed by atoms with Crippen LogP contribution in [-0.4, -0.2) is 17.0 Å². The van der Waals surface area contributed by atoms with Crippen molar-refractivity contribution in [3.63, 3.8) is 0 Å².